The van der Waals surface area contributed by atoms with Gasteiger partial charge in [0.05, 0.1) is 17.4 Å². The van der Waals surface area contributed by atoms with Crippen LogP contribution in [0.1, 0.15) is 11.7 Å². The summed E-state index contributed by atoms with van der Waals surface area (Å²) in [5.74, 6) is 3.72. The van der Waals surface area contributed by atoms with Crippen molar-refractivity contribution in [1.29, 1.82) is 0 Å². The molecule has 1 aromatic heterocycles. The predicted molar refractivity (Wildman–Crippen MR) is 88.9 cm³/mol. The number of benzene rings is 1. The van der Waals surface area contributed by atoms with Crippen LogP contribution >= 0.6 is 23.5 Å². The van der Waals surface area contributed by atoms with Crippen molar-refractivity contribution in [2.75, 3.05) is 24.3 Å². The third kappa shape index (κ3) is 2.90. The van der Waals surface area contributed by atoms with Crippen molar-refractivity contribution in [3.63, 3.8) is 0 Å². The summed E-state index contributed by atoms with van der Waals surface area (Å²) in [5.41, 5.74) is 2.37. The fourth-order valence-corrected chi connectivity index (χ4v) is 5.45. The highest BCUT2D eigenvalue weighted by molar-refractivity contribution is 8.06. The maximum absolute atomic E-state index is 4.51. The van der Waals surface area contributed by atoms with E-state index in [2.05, 4.69) is 69.0 Å². The van der Waals surface area contributed by atoms with Gasteiger partial charge in [0, 0.05) is 28.7 Å². The number of hydrogen-bond acceptors (Lipinski definition) is 4. The normalized spacial score (nSPS) is 20.8. The molecule has 2 heterocycles. The molecular weight excluding hydrogens is 286 g/mol. The summed E-state index contributed by atoms with van der Waals surface area (Å²) in [6.45, 7) is 0. The van der Waals surface area contributed by atoms with Gasteiger partial charge in [-0.1, -0.05) is 18.2 Å². The van der Waals surface area contributed by atoms with Crippen molar-refractivity contribution >= 4 is 23.5 Å². The van der Waals surface area contributed by atoms with Crippen molar-refractivity contribution in [2.45, 2.75) is 11.3 Å². The van der Waals surface area contributed by atoms with E-state index in [9.17, 15) is 0 Å². The minimum Gasteiger partial charge on any atom is -0.311 e. The Morgan fingerprint density at radius 2 is 2.10 bits per heavy atom. The SMILES string of the molecule is CNC(c1ccnn1-c1ccccc1)C1CSCCS1. The van der Waals surface area contributed by atoms with E-state index in [1.54, 1.807) is 0 Å². The second-order valence-electron chi connectivity index (χ2n) is 4.75. The van der Waals surface area contributed by atoms with Crippen LogP contribution in [0.25, 0.3) is 5.69 Å². The molecule has 20 heavy (non-hydrogen) atoms. The topological polar surface area (TPSA) is 29.9 Å². The molecule has 0 spiro atoms. The molecule has 106 valence electrons. The average molecular weight is 305 g/mol. The highest BCUT2D eigenvalue weighted by Gasteiger charge is 2.27. The third-order valence-corrected chi connectivity index (χ3v) is 6.38. The quantitative estimate of drug-likeness (QED) is 0.940. The van der Waals surface area contributed by atoms with Gasteiger partial charge in [-0.2, -0.15) is 28.6 Å². The maximum Gasteiger partial charge on any atom is 0.0649 e. The Morgan fingerprint density at radius 3 is 2.80 bits per heavy atom. The van der Waals surface area contributed by atoms with Gasteiger partial charge in [0.25, 0.3) is 0 Å². The highest BCUT2D eigenvalue weighted by Crippen LogP contribution is 2.33. The molecule has 1 saturated heterocycles. The van der Waals surface area contributed by atoms with Gasteiger partial charge in [-0.15, -0.1) is 0 Å². The largest absolute Gasteiger partial charge is 0.311 e. The van der Waals surface area contributed by atoms with E-state index in [4.69, 9.17) is 0 Å². The van der Waals surface area contributed by atoms with Crippen molar-refractivity contribution in [1.82, 2.24) is 15.1 Å². The molecule has 5 heteroatoms. The second-order valence-corrected chi connectivity index (χ2v) is 7.25. The lowest BCUT2D eigenvalue weighted by Gasteiger charge is -2.29. The smallest absolute Gasteiger partial charge is 0.0649 e. The Kier molecular flexibility index (Phi) is 4.70. The Morgan fingerprint density at radius 1 is 1.25 bits per heavy atom. The summed E-state index contributed by atoms with van der Waals surface area (Å²) in [6, 6.07) is 12.8. The average Bonchev–Trinajstić information content (AvgIpc) is 2.99. The summed E-state index contributed by atoms with van der Waals surface area (Å²) < 4.78 is 2.06. The van der Waals surface area contributed by atoms with Gasteiger partial charge >= 0.3 is 0 Å². The summed E-state index contributed by atoms with van der Waals surface area (Å²) in [6.07, 6.45) is 1.90. The molecule has 0 bridgehead atoms. The fraction of sp³-hybridized carbons (Fsp3) is 0.400. The Bertz CT molecular complexity index is 535. The first kappa shape index (κ1) is 14.0. The van der Waals surface area contributed by atoms with Gasteiger partial charge in [-0.3, -0.25) is 0 Å². The van der Waals surface area contributed by atoms with Crippen LogP contribution in [0.2, 0.25) is 0 Å². The van der Waals surface area contributed by atoms with E-state index in [1.165, 1.54) is 23.0 Å². The first-order valence-corrected chi connectivity index (χ1v) is 9.06. The fourth-order valence-electron chi connectivity index (χ4n) is 2.56. The third-order valence-electron chi connectivity index (χ3n) is 3.52. The monoisotopic (exact) mass is 305 g/mol. The zero-order valence-electron chi connectivity index (χ0n) is 11.5. The van der Waals surface area contributed by atoms with E-state index in [0.29, 0.717) is 11.3 Å². The predicted octanol–water partition coefficient (Wildman–Crippen LogP) is 2.98. The van der Waals surface area contributed by atoms with E-state index in [0.717, 1.165) is 5.69 Å². The molecule has 2 unspecified atom stereocenters. The Hall–Kier alpha value is -0.910. The molecule has 3 nitrogen and oxygen atoms in total. The minimum atomic E-state index is 0.343. The van der Waals surface area contributed by atoms with Crippen LogP contribution in [-0.2, 0) is 0 Å². The molecule has 2 aromatic rings. The standard InChI is InChI=1S/C15H19N3S2/c1-16-15(14-11-19-9-10-20-14)13-7-8-17-18(13)12-5-3-2-4-6-12/h2-8,14-16H,9-11H2,1H3. The molecule has 0 saturated carbocycles. The number of thioether (sulfide) groups is 2. The lowest BCUT2D eigenvalue weighted by atomic mass is 10.1. The van der Waals surface area contributed by atoms with Gasteiger partial charge in [0.2, 0.25) is 0 Å². The van der Waals surface area contributed by atoms with E-state index in [-0.39, 0.29) is 0 Å². The lowest BCUT2D eigenvalue weighted by molar-refractivity contribution is 0.556. The number of rotatable bonds is 4. The molecule has 0 aliphatic carbocycles. The summed E-state index contributed by atoms with van der Waals surface area (Å²) in [7, 11) is 2.05. The van der Waals surface area contributed by atoms with E-state index < -0.39 is 0 Å². The number of aromatic nitrogens is 2. The van der Waals surface area contributed by atoms with Crippen molar-refractivity contribution in [2.24, 2.45) is 0 Å². The summed E-state index contributed by atoms with van der Waals surface area (Å²) >= 11 is 4.13. The first-order valence-electron chi connectivity index (χ1n) is 6.86. The number of nitrogens with one attached hydrogen (secondary N) is 1. The minimum absolute atomic E-state index is 0.343. The van der Waals surface area contributed by atoms with Gasteiger partial charge in [-0.05, 0) is 25.2 Å². The van der Waals surface area contributed by atoms with Crippen LogP contribution in [0.15, 0.2) is 42.6 Å². The molecule has 1 fully saturated rings. The Balaban J connectivity index is 1.91. The molecule has 2 atom stereocenters. The number of hydrogen-bond donors (Lipinski definition) is 1. The lowest BCUT2D eigenvalue weighted by Crippen LogP contribution is -2.33. The summed E-state index contributed by atoms with van der Waals surface area (Å²) in [4.78, 5) is 0. The zero-order chi connectivity index (χ0) is 13.8. The first-order chi connectivity index (χ1) is 9.90. The molecule has 0 amide bonds. The molecular formula is C15H19N3S2. The van der Waals surface area contributed by atoms with Crippen molar-refractivity contribution in [3.05, 3.63) is 48.3 Å². The van der Waals surface area contributed by atoms with Crippen LogP contribution in [0, 0.1) is 0 Å². The van der Waals surface area contributed by atoms with Gasteiger partial charge < -0.3 is 5.32 Å². The molecule has 3 rings (SSSR count). The number of para-hydroxylation sites is 1. The highest BCUT2D eigenvalue weighted by atomic mass is 32.2. The summed E-state index contributed by atoms with van der Waals surface area (Å²) in [5, 5.41) is 8.61. The van der Waals surface area contributed by atoms with Crippen molar-refractivity contribution in [3.8, 4) is 5.69 Å². The van der Waals surface area contributed by atoms with Crippen LogP contribution in [0.5, 0.6) is 0 Å². The van der Waals surface area contributed by atoms with Gasteiger partial charge in [0.15, 0.2) is 0 Å². The maximum atomic E-state index is 4.51. The van der Waals surface area contributed by atoms with Crippen molar-refractivity contribution < 1.29 is 0 Å². The number of nitrogens with zero attached hydrogens (tertiary/aromatic N) is 2. The van der Waals surface area contributed by atoms with Crippen LogP contribution in [-0.4, -0.2) is 39.3 Å². The van der Waals surface area contributed by atoms with E-state index >= 15 is 0 Å². The van der Waals surface area contributed by atoms with E-state index in [1.807, 2.05) is 19.3 Å². The second kappa shape index (κ2) is 6.70. The molecule has 1 aliphatic heterocycles. The van der Waals surface area contributed by atoms with Gasteiger partial charge in [-0.25, -0.2) is 4.68 Å². The molecule has 1 aromatic carbocycles. The molecule has 1 aliphatic rings. The Labute approximate surface area is 128 Å². The van der Waals surface area contributed by atoms with Crippen LogP contribution in [0.4, 0.5) is 0 Å². The molecule has 1 N–H and O–H groups in total. The zero-order valence-corrected chi connectivity index (χ0v) is 13.2. The molecule has 0 radical (unpaired) electrons. The van der Waals surface area contributed by atoms with Gasteiger partial charge in [0.1, 0.15) is 0 Å². The van der Waals surface area contributed by atoms with Crippen LogP contribution in [0.3, 0.4) is 0 Å². The van der Waals surface area contributed by atoms with Crippen LogP contribution < -0.4 is 5.32 Å².